The lowest BCUT2D eigenvalue weighted by Crippen LogP contribution is -2.45. The molecule has 0 amide bonds. The Bertz CT molecular complexity index is 1750. The first-order chi connectivity index (χ1) is 19.8. The Morgan fingerprint density at radius 3 is 2.35 bits per heavy atom. The molecule has 0 aliphatic heterocycles. The normalized spacial score (nSPS) is 19.3. The van der Waals surface area contributed by atoms with Gasteiger partial charge >= 0.3 is 0 Å². The Morgan fingerprint density at radius 2 is 1.75 bits per heavy atom. The Kier molecular flexibility index (Phi) is 6.96. The van der Waals surface area contributed by atoms with Gasteiger partial charge in [-0.2, -0.15) is 0 Å². The highest BCUT2D eigenvalue weighted by molar-refractivity contribution is 7.93. The second kappa shape index (κ2) is 10.7. The van der Waals surface area contributed by atoms with Gasteiger partial charge in [0, 0.05) is 37.8 Å². The predicted molar refractivity (Wildman–Crippen MR) is 133 cm³/mol. The average molecular weight is 614 g/mol. The number of halogens is 6. The van der Waals surface area contributed by atoms with E-state index in [0.717, 1.165) is 0 Å². The van der Waals surface area contributed by atoms with Crippen molar-refractivity contribution in [2.24, 2.45) is 0 Å². The fourth-order valence-electron chi connectivity index (χ4n) is 4.47. The van der Waals surface area contributed by atoms with Crippen molar-refractivity contribution in [1.82, 2.24) is 3.97 Å². The lowest BCUT2D eigenvalue weighted by atomic mass is 9.84. The zero-order valence-electron chi connectivity index (χ0n) is 23.6. The summed E-state index contributed by atoms with van der Waals surface area (Å²) in [6.45, 7) is 1.66. The number of aryl methyl sites for hydroxylation is 1. The number of anilines is 1. The van der Waals surface area contributed by atoms with Gasteiger partial charge in [-0.3, -0.25) is 4.72 Å². The van der Waals surface area contributed by atoms with Crippen LogP contribution in [0.2, 0.25) is 0 Å². The van der Waals surface area contributed by atoms with Gasteiger partial charge in [-0.25, -0.2) is 47.2 Å². The lowest BCUT2D eigenvalue weighted by Gasteiger charge is -2.35. The third-order valence-electron chi connectivity index (χ3n) is 6.63. The van der Waals surface area contributed by atoms with Crippen LogP contribution in [0.5, 0.6) is 0 Å². The smallest absolute Gasteiger partial charge is 0.267 e. The molecule has 1 aliphatic carbocycles. The van der Waals surface area contributed by atoms with Crippen molar-refractivity contribution < 1.29 is 52.0 Å². The number of benzene rings is 2. The molecule has 0 bridgehead atoms. The van der Waals surface area contributed by atoms with Crippen LogP contribution in [0.1, 0.15) is 32.9 Å². The van der Waals surface area contributed by atoms with Gasteiger partial charge in [0.1, 0.15) is 22.1 Å². The molecular formula is C25H24F6N2O5S2. The first kappa shape index (κ1) is 25.9. The van der Waals surface area contributed by atoms with E-state index in [1.54, 1.807) is 11.6 Å². The Balaban J connectivity index is 1.88. The Labute approximate surface area is 231 Å². The van der Waals surface area contributed by atoms with Crippen molar-refractivity contribution in [1.29, 1.82) is 0 Å². The van der Waals surface area contributed by atoms with Crippen molar-refractivity contribution in [2.75, 3.05) is 11.8 Å². The van der Waals surface area contributed by atoms with Crippen molar-refractivity contribution >= 4 is 25.7 Å². The second-order valence-electron chi connectivity index (χ2n) is 9.30. The average Bonchev–Trinajstić information content (AvgIpc) is 3.26. The van der Waals surface area contributed by atoms with Crippen LogP contribution in [-0.2, 0) is 44.0 Å². The van der Waals surface area contributed by atoms with Crippen LogP contribution in [0.3, 0.4) is 0 Å². The maximum atomic E-state index is 14.7. The van der Waals surface area contributed by atoms with Crippen LogP contribution in [0.4, 0.5) is 32.0 Å². The summed E-state index contributed by atoms with van der Waals surface area (Å²) in [5, 5.41) is 0. The number of fused-ring (bicyclic) bond motifs is 1. The number of hydrogen-bond acceptors (Lipinski definition) is 5. The molecule has 1 aliphatic rings. The van der Waals surface area contributed by atoms with Crippen LogP contribution in [0.15, 0.2) is 52.4 Å². The fraction of sp³-hybridized carbons (Fsp3) is 0.360. The molecule has 40 heavy (non-hydrogen) atoms. The minimum atomic E-state index is -4.98. The lowest BCUT2D eigenvalue weighted by molar-refractivity contribution is -0.128. The zero-order valence-corrected chi connectivity index (χ0v) is 22.2. The van der Waals surface area contributed by atoms with Crippen molar-refractivity contribution in [2.45, 2.75) is 60.8 Å². The van der Waals surface area contributed by atoms with Gasteiger partial charge in [-0.1, -0.05) is 17.7 Å². The van der Waals surface area contributed by atoms with E-state index >= 15 is 0 Å². The van der Waals surface area contributed by atoms with Crippen molar-refractivity contribution in [3.63, 3.8) is 0 Å². The number of nitrogens with one attached hydrogen (secondary N) is 1. The van der Waals surface area contributed by atoms with E-state index in [9.17, 15) is 43.2 Å². The number of methoxy groups -OCH3 is 1. The minimum Gasteiger partial charge on any atom is -0.372 e. The van der Waals surface area contributed by atoms with E-state index in [2.05, 4.69) is 0 Å². The zero-order chi connectivity index (χ0) is 32.1. The molecule has 1 heterocycles. The van der Waals surface area contributed by atoms with E-state index in [1.165, 1.54) is 24.3 Å². The predicted octanol–water partition coefficient (Wildman–Crippen LogP) is 5.06. The maximum Gasteiger partial charge on any atom is 0.267 e. The monoisotopic (exact) mass is 613 g/mol. The molecule has 7 nitrogen and oxygen atoms in total. The maximum absolute atomic E-state index is 14.7. The van der Waals surface area contributed by atoms with Crippen LogP contribution in [-0.4, -0.2) is 46.3 Å². The van der Waals surface area contributed by atoms with E-state index in [-0.39, 0.29) is 10.5 Å². The molecule has 0 radical (unpaired) electrons. The van der Waals surface area contributed by atoms with Gasteiger partial charge in [0.2, 0.25) is 6.43 Å². The number of aromatic nitrogens is 1. The molecule has 0 saturated heterocycles. The van der Waals surface area contributed by atoms with Gasteiger partial charge in [0.25, 0.3) is 26.5 Å². The van der Waals surface area contributed by atoms with E-state index < -0.39 is 105 Å². The molecule has 1 aromatic heterocycles. The van der Waals surface area contributed by atoms with Crippen LogP contribution < -0.4 is 4.72 Å². The number of nitrogens with zero attached hydrogens (tertiary/aromatic N) is 1. The van der Waals surface area contributed by atoms with Crippen molar-refractivity contribution in [3.8, 4) is 0 Å². The molecule has 4 rings (SSSR count). The van der Waals surface area contributed by atoms with Gasteiger partial charge in [-0.05, 0) is 49.1 Å². The van der Waals surface area contributed by atoms with Gasteiger partial charge in [0.05, 0.1) is 14.7 Å². The number of rotatable bonds is 9. The fourth-order valence-corrected chi connectivity index (χ4v) is 7.30. The molecule has 15 heteroatoms. The van der Waals surface area contributed by atoms with E-state index in [1.807, 2.05) is 0 Å². The van der Waals surface area contributed by atoms with Crippen LogP contribution in [0.25, 0.3) is 0 Å². The summed E-state index contributed by atoms with van der Waals surface area (Å²) in [4.78, 5) is -1.16. The molecule has 2 aromatic carbocycles. The van der Waals surface area contributed by atoms with Gasteiger partial charge < -0.3 is 4.74 Å². The summed E-state index contributed by atoms with van der Waals surface area (Å²) in [6, 6.07) is 5.94. The molecule has 0 unspecified atom stereocenters. The molecule has 0 spiro atoms. The standard InChI is InChI=1S/C25H24F6N2O5S2/c1-14-3-5-16(6-4-14)40(36,37)33-13-22(17-7-8-25(38-2,24(30)31)12-21(17)33)39(34,35)32-20-11-18(26)15(9-19(20)27)10-23(28)29/h3-6,9,11,13,23-24,32H,7-8,10,12H2,1-2H3/t25-/m0/s1/i2D3. The number of alkyl halides is 4. The summed E-state index contributed by atoms with van der Waals surface area (Å²) in [5.74, 6) is -2.76. The van der Waals surface area contributed by atoms with Crippen LogP contribution in [0, 0.1) is 18.6 Å². The number of sulfonamides is 1. The molecule has 218 valence electrons. The number of hydrogen-bond donors (Lipinski definition) is 1. The summed E-state index contributed by atoms with van der Waals surface area (Å²) in [6.07, 6.45) is -9.39. The first-order valence-electron chi connectivity index (χ1n) is 13.1. The SMILES string of the molecule is [2H]C([2H])([2H])O[C@@]1(C(F)F)CCc2c(S(=O)(=O)Nc3cc(F)c(CC(F)F)cc3F)cn(S(=O)(=O)c3ccc(C)cc3)c2C1. The minimum absolute atomic E-state index is 0.302. The summed E-state index contributed by atoms with van der Waals surface area (Å²) in [7, 11) is -13.0. The quantitative estimate of drug-likeness (QED) is 0.341. The topological polar surface area (TPSA) is 94.5 Å². The number of ether oxygens (including phenoxy) is 1. The third-order valence-corrected chi connectivity index (χ3v) is 9.77. The van der Waals surface area contributed by atoms with Crippen molar-refractivity contribution in [3.05, 3.63) is 76.6 Å². The summed E-state index contributed by atoms with van der Waals surface area (Å²) < 4.78 is 166. The first-order valence-corrected chi connectivity index (χ1v) is 14.5. The highest BCUT2D eigenvalue weighted by atomic mass is 32.2. The van der Waals surface area contributed by atoms with E-state index in [4.69, 9.17) is 8.85 Å². The Morgan fingerprint density at radius 1 is 1.07 bits per heavy atom. The van der Waals surface area contributed by atoms with Gasteiger partial charge in [-0.15, -0.1) is 0 Å². The third kappa shape index (κ3) is 5.46. The highest BCUT2D eigenvalue weighted by Crippen LogP contribution is 2.41. The molecule has 1 atom stereocenters. The van der Waals surface area contributed by atoms with E-state index in [0.29, 0.717) is 27.9 Å². The Hall–Kier alpha value is -3.04. The molecule has 3 aromatic rings. The molecule has 1 N–H and O–H groups in total. The largest absolute Gasteiger partial charge is 0.372 e. The molecule has 0 fully saturated rings. The molecule has 0 saturated carbocycles. The summed E-state index contributed by atoms with van der Waals surface area (Å²) >= 11 is 0. The molecular weight excluding hydrogens is 586 g/mol. The summed E-state index contributed by atoms with van der Waals surface area (Å²) in [5.41, 5.74) is -4.58. The second-order valence-corrected chi connectivity index (χ2v) is 12.8. The van der Waals surface area contributed by atoms with Gasteiger partial charge in [0.15, 0.2) is 0 Å². The van der Waals surface area contributed by atoms with Crippen LogP contribution >= 0.6 is 0 Å². The highest BCUT2D eigenvalue weighted by Gasteiger charge is 2.47.